The minimum atomic E-state index is -1.15. The van der Waals surface area contributed by atoms with Gasteiger partial charge in [-0.15, -0.1) is 0 Å². The zero-order chi connectivity index (χ0) is 20.9. The molecule has 30 heavy (non-hydrogen) atoms. The summed E-state index contributed by atoms with van der Waals surface area (Å²) in [6.07, 6.45) is 5.67. The molecule has 0 bridgehead atoms. The third-order valence-electron chi connectivity index (χ3n) is 5.48. The van der Waals surface area contributed by atoms with Gasteiger partial charge >= 0.3 is 5.97 Å². The van der Waals surface area contributed by atoms with E-state index in [2.05, 4.69) is 5.32 Å². The van der Waals surface area contributed by atoms with Crippen LogP contribution in [0.3, 0.4) is 0 Å². The van der Waals surface area contributed by atoms with Gasteiger partial charge in [0.15, 0.2) is 0 Å². The van der Waals surface area contributed by atoms with E-state index in [1.54, 1.807) is 6.08 Å². The number of esters is 1. The van der Waals surface area contributed by atoms with E-state index in [0.717, 1.165) is 31.2 Å². The molecule has 4 rings (SSSR count). The van der Waals surface area contributed by atoms with Crippen molar-refractivity contribution in [1.29, 1.82) is 0 Å². The van der Waals surface area contributed by atoms with Crippen LogP contribution in [0.2, 0.25) is 0 Å². The van der Waals surface area contributed by atoms with E-state index in [4.69, 9.17) is 9.47 Å². The van der Waals surface area contributed by atoms with Gasteiger partial charge in [-0.25, -0.2) is 9.18 Å². The second-order valence-corrected chi connectivity index (χ2v) is 7.68. The highest BCUT2D eigenvalue weighted by molar-refractivity contribution is 5.97. The maximum atomic E-state index is 13.4. The lowest BCUT2D eigenvalue weighted by Crippen LogP contribution is -2.40. The van der Waals surface area contributed by atoms with Gasteiger partial charge in [0, 0.05) is 17.2 Å². The fraction of sp³-hybridized carbons (Fsp3) is 0.333. The Morgan fingerprint density at radius 3 is 2.53 bits per heavy atom. The van der Waals surface area contributed by atoms with Gasteiger partial charge in [0.2, 0.25) is 6.10 Å². The molecule has 2 aromatic carbocycles. The number of carbonyl (C=O) groups is 2. The van der Waals surface area contributed by atoms with Crippen LogP contribution in [-0.4, -0.2) is 24.5 Å². The van der Waals surface area contributed by atoms with Crippen molar-refractivity contribution in [3.63, 3.8) is 0 Å². The fourth-order valence-electron chi connectivity index (χ4n) is 3.85. The van der Waals surface area contributed by atoms with Crippen LogP contribution in [0.4, 0.5) is 4.39 Å². The van der Waals surface area contributed by atoms with Crippen LogP contribution in [-0.2, 0) is 14.3 Å². The molecular weight excluding hydrogens is 385 g/mol. The summed E-state index contributed by atoms with van der Waals surface area (Å²) in [5.41, 5.74) is 1.53. The van der Waals surface area contributed by atoms with Crippen LogP contribution >= 0.6 is 0 Å². The molecule has 0 spiro atoms. The Balaban J connectivity index is 1.53. The Kier molecular flexibility index (Phi) is 6.12. The summed E-state index contributed by atoms with van der Waals surface area (Å²) in [6, 6.07) is 12.9. The largest absolute Gasteiger partial charge is 0.488 e. The van der Waals surface area contributed by atoms with Gasteiger partial charge in [0.1, 0.15) is 18.2 Å². The van der Waals surface area contributed by atoms with Crippen LogP contribution in [0.1, 0.15) is 49.3 Å². The van der Waals surface area contributed by atoms with E-state index < -0.39 is 17.9 Å². The van der Waals surface area contributed by atoms with Crippen molar-refractivity contribution in [1.82, 2.24) is 5.32 Å². The van der Waals surface area contributed by atoms with Gasteiger partial charge in [0.05, 0.1) is 5.57 Å². The van der Waals surface area contributed by atoms with E-state index in [9.17, 15) is 14.0 Å². The second-order valence-electron chi connectivity index (χ2n) is 7.68. The van der Waals surface area contributed by atoms with Crippen molar-refractivity contribution in [3.8, 4) is 5.75 Å². The molecule has 1 aliphatic carbocycles. The lowest BCUT2D eigenvalue weighted by atomic mass is 9.95. The van der Waals surface area contributed by atoms with Crippen LogP contribution in [0.25, 0.3) is 6.08 Å². The Morgan fingerprint density at radius 1 is 1.03 bits per heavy atom. The molecule has 0 aromatic heterocycles. The number of halogens is 1. The van der Waals surface area contributed by atoms with Gasteiger partial charge < -0.3 is 14.8 Å². The first kappa shape index (κ1) is 20.1. The Labute approximate surface area is 174 Å². The summed E-state index contributed by atoms with van der Waals surface area (Å²) in [5, 5.41) is 3.00. The first-order valence-corrected chi connectivity index (χ1v) is 10.3. The third-order valence-corrected chi connectivity index (χ3v) is 5.48. The molecule has 5 nitrogen and oxygen atoms in total. The maximum Gasteiger partial charge on any atom is 0.338 e. The van der Waals surface area contributed by atoms with Gasteiger partial charge in [-0.1, -0.05) is 49.6 Å². The zero-order valence-corrected chi connectivity index (χ0v) is 16.6. The zero-order valence-electron chi connectivity index (χ0n) is 16.6. The smallest absolute Gasteiger partial charge is 0.338 e. The van der Waals surface area contributed by atoms with Crippen LogP contribution in [0.15, 0.2) is 54.1 Å². The monoisotopic (exact) mass is 409 g/mol. The predicted octanol–water partition coefficient (Wildman–Crippen LogP) is 4.33. The van der Waals surface area contributed by atoms with Crippen molar-refractivity contribution in [3.05, 3.63) is 71.0 Å². The van der Waals surface area contributed by atoms with Crippen molar-refractivity contribution < 1.29 is 23.5 Å². The number of carbonyl (C=O) groups excluding carboxylic acids is 2. The number of benzene rings is 2. The summed E-state index contributed by atoms with van der Waals surface area (Å²) >= 11 is 0. The Bertz CT molecular complexity index is 948. The van der Waals surface area contributed by atoms with Gasteiger partial charge in [-0.05, 0) is 37.1 Å². The van der Waals surface area contributed by atoms with Crippen molar-refractivity contribution >= 4 is 18.0 Å². The molecule has 1 saturated carbocycles. The van der Waals surface area contributed by atoms with Crippen molar-refractivity contribution in [2.24, 2.45) is 0 Å². The molecule has 156 valence electrons. The first-order chi connectivity index (χ1) is 14.6. The molecular formula is C24H24FNO4. The van der Waals surface area contributed by atoms with Gasteiger partial charge in [-0.2, -0.15) is 0 Å². The van der Waals surface area contributed by atoms with E-state index >= 15 is 0 Å². The summed E-state index contributed by atoms with van der Waals surface area (Å²) in [5.74, 6) is -0.743. The Hall–Kier alpha value is -3.15. The quantitative estimate of drug-likeness (QED) is 0.747. The van der Waals surface area contributed by atoms with E-state index in [1.165, 1.54) is 30.7 Å². The summed E-state index contributed by atoms with van der Waals surface area (Å²) in [4.78, 5) is 25.8. The van der Waals surface area contributed by atoms with Crippen molar-refractivity contribution in [2.75, 3.05) is 6.61 Å². The molecule has 0 radical (unpaired) electrons. The number of hydrogen-bond acceptors (Lipinski definition) is 4. The number of amides is 1. The highest BCUT2D eigenvalue weighted by Crippen LogP contribution is 2.28. The van der Waals surface area contributed by atoms with Crippen LogP contribution < -0.4 is 10.1 Å². The van der Waals surface area contributed by atoms with E-state index in [0.29, 0.717) is 16.9 Å². The molecule has 1 atom stereocenters. The summed E-state index contributed by atoms with van der Waals surface area (Å²) in [7, 11) is 0. The average molecular weight is 409 g/mol. The molecule has 1 amide bonds. The van der Waals surface area contributed by atoms with E-state index in [-0.39, 0.29) is 18.6 Å². The predicted molar refractivity (Wildman–Crippen MR) is 110 cm³/mol. The highest BCUT2D eigenvalue weighted by atomic mass is 19.1. The van der Waals surface area contributed by atoms with Crippen LogP contribution in [0, 0.1) is 5.82 Å². The number of fused-ring (bicyclic) bond motifs is 1. The van der Waals surface area contributed by atoms with Gasteiger partial charge in [0.25, 0.3) is 5.91 Å². The Morgan fingerprint density at radius 2 is 1.77 bits per heavy atom. The highest BCUT2D eigenvalue weighted by Gasteiger charge is 2.29. The topological polar surface area (TPSA) is 64.6 Å². The lowest BCUT2D eigenvalue weighted by molar-refractivity contribution is -0.153. The standard InChI is InChI=1S/C24H24FNO4/c25-19-12-10-16(11-13-19)22(23(27)26-20-7-2-1-3-8-20)30-24(28)18-14-17-6-4-5-9-21(17)29-15-18/h4-6,9-14,20,22H,1-3,7-8,15H2,(H,26,27). The molecule has 2 aliphatic rings. The lowest BCUT2D eigenvalue weighted by Gasteiger charge is -2.26. The van der Waals surface area contributed by atoms with Gasteiger partial charge in [-0.3, -0.25) is 4.79 Å². The molecule has 6 heteroatoms. The number of hydrogen-bond donors (Lipinski definition) is 1. The summed E-state index contributed by atoms with van der Waals surface area (Å²) in [6.45, 7) is 0.0657. The minimum Gasteiger partial charge on any atom is -0.488 e. The molecule has 0 saturated heterocycles. The number of para-hydroxylation sites is 1. The third kappa shape index (κ3) is 4.70. The number of nitrogens with one attached hydrogen (secondary N) is 1. The molecule has 1 unspecified atom stereocenters. The molecule has 1 N–H and O–H groups in total. The minimum absolute atomic E-state index is 0.0657. The second kappa shape index (κ2) is 9.11. The maximum absolute atomic E-state index is 13.4. The van der Waals surface area contributed by atoms with E-state index in [1.807, 2.05) is 24.3 Å². The fourth-order valence-corrected chi connectivity index (χ4v) is 3.85. The normalized spacial score (nSPS) is 17.2. The number of rotatable bonds is 5. The molecule has 2 aromatic rings. The number of ether oxygens (including phenoxy) is 2. The summed E-state index contributed by atoms with van der Waals surface area (Å²) < 4.78 is 24.6. The first-order valence-electron chi connectivity index (χ1n) is 10.3. The molecule has 1 fully saturated rings. The average Bonchev–Trinajstić information content (AvgIpc) is 2.78. The van der Waals surface area contributed by atoms with Crippen LogP contribution in [0.5, 0.6) is 5.75 Å². The SMILES string of the molecule is O=C(OC(C(=O)NC1CCCCC1)c1ccc(F)cc1)C1=Cc2ccccc2OC1. The molecule has 1 heterocycles. The molecule has 1 aliphatic heterocycles. The van der Waals surface area contributed by atoms with Crippen molar-refractivity contribution in [2.45, 2.75) is 44.2 Å².